The van der Waals surface area contributed by atoms with E-state index in [1.54, 1.807) is 4.90 Å². The topological polar surface area (TPSA) is 66.6 Å². The lowest BCUT2D eigenvalue weighted by atomic mass is 10.1. The van der Waals surface area contributed by atoms with Crippen molar-refractivity contribution in [3.05, 3.63) is 35.9 Å². The Morgan fingerprint density at radius 2 is 1.90 bits per heavy atom. The first-order valence-corrected chi connectivity index (χ1v) is 7.88. The van der Waals surface area contributed by atoms with Crippen LogP contribution in [0.3, 0.4) is 0 Å². The summed E-state index contributed by atoms with van der Waals surface area (Å²) in [5.41, 5.74) is 7.10. The Balaban J connectivity index is 2.49. The minimum absolute atomic E-state index is 0.0163. The van der Waals surface area contributed by atoms with Gasteiger partial charge < -0.3 is 15.7 Å². The lowest BCUT2D eigenvalue weighted by Gasteiger charge is -2.25. The van der Waals surface area contributed by atoms with E-state index in [0.717, 1.165) is 18.4 Å². The van der Waals surface area contributed by atoms with Crippen molar-refractivity contribution in [2.75, 3.05) is 19.7 Å². The molecule has 21 heavy (non-hydrogen) atoms. The van der Waals surface area contributed by atoms with Crippen LogP contribution < -0.4 is 5.73 Å². The van der Waals surface area contributed by atoms with Gasteiger partial charge in [-0.3, -0.25) is 4.79 Å². The van der Waals surface area contributed by atoms with Gasteiger partial charge in [-0.05, 0) is 18.4 Å². The lowest BCUT2D eigenvalue weighted by Crippen LogP contribution is -2.46. The van der Waals surface area contributed by atoms with E-state index in [0.29, 0.717) is 19.5 Å². The van der Waals surface area contributed by atoms with Crippen LogP contribution in [-0.2, 0) is 11.2 Å². The molecule has 0 radical (unpaired) electrons. The molecule has 0 heterocycles. The smallest absolute Gasteiger partial charge is 0.239 e. The van der Waals surface area contributed by atoms with E-state index < -0.39 is 6.04 Å². The summed E-state index contributed by atoms with van der Waals surface area (Å²) >= 11 is 0. The quantitative estimate of drug-likeness (QED) is 0.648. The number of hydrogen-bond donors (Lipinski definition) is 2. The molecule has 0 spiro atoms. The van der Waals surface area contributed by atoms with Gasteiger partial charge in [0, 0.05) is 13.1 Å². The summed E-state index contributed by atoms with van der Waals surface area (Å²) in [7, 11) is 0. The molecule has 0 bridgehead atoms. The standard InChI is InChI=1S/C17H28N2O2/c1-2-3-4-8-11-19(12-13-20)17(21)16(18)14-15-9-6-5-7-10-15/h5-7,9-10,16,20H,2-4,8,11-14,18H2,1H3/t16-/m0/s1. The van der Waals surface area contributed by atoms with Crippen LogP contribution in [0.2, 0.25) is 0 Å². The van der Waals surface area contributed by atoms with E-state index in [9.17, 15) is 4.79 Å². The van der Waals surface area contributed by atoms with Crippen molar-refractivity contribution in [1.82, 2.24) is 4.90 Å². The summed E-state index contributed by atoms with van der Waals surface area (Å²) < 4.78 is 0. The van der Waals surface area contributed by atoms with Gasteiger partial charge in [-0.1, -0.05) is 56.5 Å². The molecule has 0 aliphatic heterocycles. The van der Waals surface area contributed by atoms with E-state index in [1.807, 2.05) is 30.3 Å². The predicted octanol–water partition coefficient (Wildman–Crippen LogP) is 1.96. The Morgan fingerprint density at radius 1 is 1.19 bits per heavy atom. The van der Waals surface area contributed by atoms with E-state index in [-0.39, 0.29) is 12.5 Å². The molecule has 1 aromatic carbocycles. The molecule has 0 aromatic heterocycles. The highest BCUT2D eigenvalue weighted by Crippen LogP contribution is 2.07. The molecule has 118 valence electrons. The molecular formula is C17H28N2O2. The normalized spacial score (nSPS) is 12.1. The van der Waals surface area contributed by atoms with E-state index in [1.165, 1.54) is 12.8 Å². The second kappa shape index (κ2) is 10.4. The van der Waals surface area contributed by atoms with Gasteiger partial charge in [0.25, 0.3) is 0 Å². The number of carbonyl (C=O) groups is 1. The highest BCUT2D eigenvalue weighted by molar-refractivity contribution is 5.82. The van der Waals surface area contributed by atoms with Gasteiger partial charge in [-0.15, -0.1) is 0 Å². The van der Waals surface area contributed by atoms with Crippen LogP contribution >= 0.6 is 0 Å². The fourth-order valence-electron chi connectivity index (χ4n) is 2.37. The van der Waals surface area contributed by atoms with Crippen molar-refractivity contribution >= 4 is 5.91 Å². The Kier molecular flexibility index (Phi) is 8.71. The molecule has 1 rings (SSSR count). The number of hydrogen-bond acceptors (Lipinski definition) is 3. The first-order valence-electron chi connectivity index (χ1n) is 7.88. The van der Waals surface area contributed by atoms with Crippen LogP contribution in [0.4, 0.5) is 0 Å². The monoisotopic (exact) mass is 292 g/mol. The minimum atomic E-state index is -0.537. The van der Waals surface area contributed by atoms with Crippen molar-refractivity contribution in [2.45, 2.75) is 45.1 Å². The van der Waals surface area contributed by atoms with Gasteiger partial charge >= 0.3 is 0 Å². The van der Waals surface area contributed by atoms with Crippen LogP contribution in [0.15, 0.2) is 30.3 Å². The number of amides is 1. The fourth-order valence-corrected chi connectivity index (χ4v) is 2.37. The highest BCUT2D eigenvalue weighted by atomic mass is 16.3. The number of carbonyl (C=O) groups excluding carboxylic acids is 1. The van der Waals surface area contributed by atoms with Crippen molar-refractivity contribution in [3.63, 3.8) is 0 Å². The first-order chi connectivity index (χ1) is 10.2. The van der Waals surface area contributed by atoms with Crippen LogP contribution in [0.25, 0.3) is 0 Å². The summed E-state index contributed by atoms with van der Waals surface area (Å²) in [6, 6.07) is 9.26. The highest BCUT2D eigenvalue weighted by Gasteiger charge is 2.20. The molecule has 1 atom stereocenters. The van der Waals surface area contributed by atoms with Gasteiger partial charge in [0.15, 0.2) is 0 Å². The van der Waals surface area contributed by atoms with Gasteiger partial charge in [-0.2, -0.15) is 0 Å². The molecule has 1 aromatic rings. The van der Waals surface area contributed by atoms with Gasteiger partial charge in [0.05, 0.1) is 12.6 Å². The zero-order valence-corrected chi connectivity index (χ0v) is 13.0. The molecule has 3 N–H and O–H groups in total. The Labute approximate surface area is 128 Å². The second-order valence-electron chi connectivity index (χ2n) is 5.41. The van der Waals surface area contributed by atoms with Crippen molar-refractivity contribution in [1.29, 1.82) is 0 Å². The number of unbranched alkanes of at least 4 members (excludes halogenated alkanes) is 3. The number of benzene rings is 1. The SMILES string of the molecule is CCCCCCN(CCO)C(=O)[C@@H](N)Cc1ccccc1. The third-order valence-corrected chi connectivity index (χ3v) is 3.58. The maximum absolute atomic E-state index is 12.4. The molecule has 0 fully saturated rings. The molecule has 0 aliphatic carbocycles. The summed E-state index contributed by atoms with van der Waals surface area (Å²) in [5.74, 6) is -0.0654. The average Bonchev–Trinajstić information content (AvgIpc) is 2.50. The first kappa shape index (κ1) is 17.7. The zero-order valence-electron chi connectivity index (χ0n) is 13.0. The maximum atomic E-state index is 12.4. The average molecular weight is 292 g/mol. The molecule has 0 unspecified atom stereocenters. The third kappa shape index (κ3) is 6.74. The summed E-state index contributed by atoms with van der Waals surface area (Å²) in [6.45, 7) is 3.19. The minimum Gasteiger partial charge on any atom is -0.395 e. The number of aliphatic hydroxyl groups is 1. The predicted molar refractivity (Wildman–Crippen MR) is 85.9 cm³/mol. The van der Waals surface area contributed by atoms with Crippen LogP contribution in [0.5, 0.6) is 0 Å². The van der Waals surface area contributed by atoms with Crippen molar-refractivity contribution in [2.24, 2.45) is 5.73 Å². The summed E-state index contributed by atoms with van der Waals surface area (Å²) in [5, 5.41) is 9.13. The third-order valence-electron chi connectivity index (χ3n) is 3.58. The van der Waals surface area contributed by atoms with E-state index in [4.69, 9.17) is 10.8 Å². The van der Waals surface area contributed by atoms with Gasteiger partial charge in [-0.25, -0.2) is 0 Å². The lowest BCUT2D eigenvalue weighted by molar-refractivity contribution is -0.133. The van der Waals surface area contributed by atoms with E-state index in [2.05, 4.69) is 6.92 Å². The Bertz CT molecular complexity index is 395. The van der Waals surface area contributed by atoms with Crippen molar-refractivity contribution < 1.29 is 9.90 Å². The second-order valence-corrected chi connectivity index (χ2v) is 5.41. The fraction of sp³-hybridized carbons (Fsp3) is 0.588. The zero-order chi connectivity index (χ0) is 15.5. The summed E-state index contributed by atoms with van der Waals surface area (Å²) in [4.78, 5) is 14.1. The Hall–Kier alpha value is -1.39. The molecule has 0 saturated carbocycles. The number of nitrogens with zero attached hydrogens (tertiary/aromatic N) is 1. The van der Waals surface area contributed by atoms with Crippen LogP contribution in [-0.4, -0.2) is 41.7 Å². The number of aliphatic hydroxyl groups excluding tert-OH is 1. The summed E-state index contributed by atoms with van der Waals surface area (Å²) in [6.07, 6.45) is 4.96. The van der Waals surface area contributed by atoms with Crippen LogP contribution in [0, 0.1) is 0 Å². The molecule has 0 aliphatic rings. The molecule has 0 saturated heterocycles. The Morgan fingerprint density at radius 3 is 2.52 bits per heavy atom. The van der Waals surface area contributed by atoms with Gasteiger partial charge in [0.1, 0.15) is 0 Å². The largest absolute Gasteiger partial charge is 0.395 e. The number of nitrogens with two attached hydrogens (primary N) is 1. The molecule has 4 heteroatoms. The van der Waals surface area contributed by atoms with E-state index >= 15 is 0 Å². The molecular weight excluding hydrogens is 264 g/mol. The molecule has 1 amide bonds. The van der Waals surface area contributed by atoms with Crippen LogP contribution in [0.1, 0.15) is 38.2 Å². The van der Waals surface area contributed by atoms with Crippen molar-refractivity contribution in [3.8, 4) is 0 Å². The number of rotatable bonds is 10. The molecule has 4 nitrogen and oxygen atoms in total. The van der Waals surface area contributed by atoms with Gasteiger partial charge in [0.2, 0.25) is 5.91 Å². The maximum Gasteiger partial charge on any atom is 0.239 e.